The Morgan fingerprint density at radius 1 is 1.42 bits per heavy atom. The van der Waals surface area contributed by atoms with Crippen molar-refractivity contribution < 1.29 is 9.53 Å². The summed E-state index contributed by atoms with van der Waals surface area (Å²) >= 11 is 0. The van der Waals surface area contributed by atoms with Crippen LogP contribution in [-0.2, 0) is 4.79 Å². The minimum atomic E-state index is -0.551. The highest BCUT2D eigenvalue weighted by Gasteiger charge is 2.32. The van der Waals surface area contributed by atoms with Gasteiger partial charge in [-0.05, 0) is 26.8 Å². The van der Waals surface area contributed by atoms with Crippen LogP contribution in [0.25, 0.3) is 0 Å². The van der Waals surface area contributed by atoms with Crippen LogP contribution in [-0.4, -0.2) is 31.5 Å². The maximum Gasteiger partial charge on any atom is 0.229 e. The summed E-state index contributed by atoms with van der Waals surface area (Å²) in [6.07, 6.45) is 0. The molecule has 0 heterocycles. The standard InChI is InChI=1S/C15H24N2O2/c1-11(12-8-6-7-9-13(12)19-5)17(4)14(18)15(2,3)10-16/h6-9,11H,10,16H2,1-5H3. The number of amides is 1. The van der Waals surface area contributed by atoms with Crippen LogP contribution in [0.2, 0.25) is 0 Å². The predicted octanol–water partition coefficient (Wildman–Crippen LogP) is 2.20. The number of para-hydroxylation sites is 1. The zero-order chi connectivity index (χ0) is 14.6. The molecule has 0 fully saturated rings. The fourth-order valence-corrected chi connectivity index (χ4v) is 1.96. The molecular formula is C15H24N2O2. The molecule has 19 heavy (non-hydrogen) atoms. The van der Waals surface area contributed by atoms with Gasteiger partial charge in [0.05, 0.1) is 18.6 Å². The summed E-state index contributed by atoms with van der Waals surface area (Å²) in [6.45, 7) is 6.04. The molecular weight excluding hydrogens is 240 g/mol. The van der Waals surface area contributed by atoms with Crippen LogP contribution in [0.1, 0.15) is 32.4 Å². The molecule has 0 aromatic heterocycles. The SMILES string of the molecule is COc1ccccc1C(C)N(C)C(=O)C(C)(C)CN. The van der Waals surface area contributed by atoms with E-state index in [4.69, 9.17) is 10.5 Å². The Morgan fingerprint density at radius 2 is 2.00 bits per heavy atom. The summed E-state index contributed by atoms with van der Waals surface area (Å²) in [5, 5.41) is 0. The molecule has 4 heteroatoms. The van der Waals surface area contributed by atoms with Crippen molar-refractivity contribution in [2.75, 3.05) is 20.7 Å². The number of hydrogen-bond donors (Lipinski definition) is 1. The van der Waals surface area contributed by atoms with E-state index in [1.165, 1.54) is 0 Å². The van der Waals surface area contributed by atoms with Crippen LogP contribution in [0.4, 0.5) is 0 Å². The quantitative estimate of drug-likeness (QED) is 0.887. The number of nitrogens with two attached hydrogens (primary N) is 1. The summed E-state index contributed by atoms with van der Waals surface area (Å²) < 4.78 is 5.35. The third-order valence-electron chi connectivity index (χ3n) is 3.58. The Balaban J connectivity index is 3.00. The first-order valence-corrected chi connectivity index (χ1v) is 6.45. The van der Waals surface area contributed by atoms with Crippen molar-refractivity contribution in [3.05, 3.63) is 29.8 Å². The second-order valence-electron chi connectivity index (χ2n) is 5.42. The molecule has 1 aromatic rings. The molecule has 0 saturated carbocycles. The molecule has 0 aliphatic rings. The van der Waals surface area contributed by atoms with Crippen LogP contribution < -0.4 is 10.5 Å². The molecule has 0 spiro atoms. The first-order chi connectivity index (χ1) is 8.85. The monoisotopic (exact) mass is 264 g/mol. The first-order valence-electron chi connectivity index (χ1n) is 6.45. The van der Waals surface area contributed by atoms with Crippen molar-refractivity contribution in [3.63, 3.8) is 0 Å². The molecule has 1 rings (SSSR count). The van der Waals surface area contributed by atoms with Crippen molar-refractivity contribution in [1.82, 2.24) is 4.90 Å². The second kappa shape index (κ2) is 6.06. The van der Waals surface area contributed by atoms with Gasteiger partial charge >= 0.3 is 0 Å². The van der Waals surface area contributed by atoms with E-state index < -0.39 is 5.41 Å². The summed E-state index contributed by atoms with van der Waals surface area (Å²) in [7, 11) is 3.44. The van der Waals surface area contributed by atoms with Gasteiger partial charge in [-0.2, -0.15) is 0 Å². The summed E-state index contributed by atoms with van der Waals surface area (Å²) in [4.78, 5) is 14.1. The van der Waals surface area contributed by atoms with Crippen molar-refractivity contribution in [2.45, 2.75) is 26.8 Å². The van der Waals surface area contributed by atoms with Gasteiger partial charge in [-0.15, -0.1) is 0 Å². The van der Waals surface area contributed by atoms with Crippen molar-refractivity contribution in [3.8, 4) is 5.75 Å². The van der Waals surface area contributed by atoms with E-state index in [-0.39, 0.29) is 11.9 Å². The van der Waals surface area contributed by atoms with E-state index in [0.717, 1.165) is 11.3 Å². The Bertz CT molecular complexity index is 444. The van der Waals surface area contributed by atoms with Gasteiger partial charge in [0, 0.05) is 19.2 Å². The van der Waals surface area contributed by atoms with Crippen LogP contribution >= 0.6 is 0 Å². The molecule has 0 aliphatic heterocycles. The molecule has 2 N–H and O–H groups in total. The summed E-state index contributed by atoms with van der Waals surface area (Å²) in [5.74, 6) is 0.827. The van der Waals surface area contributed by atoms with Crippen LogP contribution in [0, 0.1) is 5.41 Å². The number of benzene rings is 1. The lowest BCUT2D eigenvalue weighted by molar-refractivity contribution is -0.140. The zero-order valence-electron chi connectivity index (χ0n) is 12.4. The highest BCUT2D eigenvalue weighted by molar-refractivity contribution is 5.82. The fourth-order valence-electron chi connectivity index (χ4n) is 1.96. The van der Waals surface area contributed by atoms with E-state index in [0.29, 0.717) is 6.54 Å². The summed E-state index contributed by atoms with van der Waals surface area (Å²) in [5.41, 5.74) is 6.11. The number of rotatable bonds is 5. The van der Waals surface area contributed by atoms with Gasteiger partial charge < -0.3 is 15.4 Å². The van der Waals surface area contributed by atoms with Crippen LogP contribution in [0.5, 0.6) is 5.75 Å². The Morgan fingerprint density at radius 3 is 2.53 bits per heavy atom. The van der Waals surface area contributed by atoms with Gasteiger partial charge in [0.2, 0.25) is 5.91 Å². The van der Waals surface area contributed by atoms with E-state index >= 15 is 0 Å². The lowest BCUT2D eigenvalue weighted by Gasteiger charge is -2.33. The topological polar surface area (TPSA) is 55.6 Å². The lowest BCUT2D eigenvalue weighted by atomic mass is 9.91. The molecule has 1 aromatic carbocycles. The molecule has 1 amide bonds. The lowest BCUT2D eigenvalue weighted by Crippen LogP contribution is -2.43. The van der Waals surface area contributed by atoms with E-state index in [2.05, 4.69) is 0 Å². The largest absolute Gasteiger partial charge is 0.496 e. The van der Waals surface area contributed by atoms with Crippen molar-refractivity contribution >= 4 is 5.91 Å². The van der Waals surface area contributed by atoms with Gasteiger partial charge in [-0.1, -0.05) is 18.2 Å². The van der Waals surface area contributed by atoms with E-state index in [9.17, 15) is 4.79 Å². The number of carbonyl (C=O) groups excluding carboxylic acids is 1. The predicted molar refractivity (Wildman–Crippen MR) is 77.0 cm³/mol. The Hall–Kier alpha value is -1.55. The number of methoxy groups -OCH3 is 1. The van der Waals surface area contributed by atoms with E-state index in [1.54, 1.807) is 19.1 Å². The second-order valence-corrected chi connectivity index (χ2v) is 5.42. The van der Waals surface area contributed by atoms with Crippen molar-refractivity contribution in [2.24, 2.45) is 11.1 Å². The average molecular weight is 264 g/mol. The normalized spacial score (nSPS) is 12.9. The zero-order valence-corrected chi connectivity index (χ0v) is 12.4. The Labute approximate surface area is 115 Å². The number of hydrogen-bond acceptors (Lipinski definition) is 3. The van der Waals surface area contributed by atoms with Gasteiger partial charge in [-0.25, -0.2) is 0 Å². The maximum atomic E-state index is 12.4. The van der Waals surface area contributed by atoms with Gasteiger partial charge in [-0.3, -0.25) is 4.79 Å². The molecule has 0 aliphatic carbocycles. The summed E-state index contributed by atoms with van der Waals surface area (Å²) in [6, 6.07) is 7.68. The minimum Gasteiger partial charge on any atom is -0.496 e. The van der Waals surface area contributed by atoms with Gasteiger partial charge in [0.25, 0.3) is 0 Å². The first kappa shape index (κ1) is 15.5. The molecule has 1 unspecified atom stereocenters. The average Bonchev–Trinajstić information content (AvgIpc) is 2.44. The van der Waals surface area contributed by atoms with Gasteiger partial charge in [0.1, 0.15) is 5.75 Å². The molecule has 0 radical (unpaired) electrons. The molecule has 1 atom stereocenters. The highest BCUT2D eigenvalue weighted by atomic mass is 16.5. The van der Waals surface area contributed by atoms with Crippen molar-refractivity contribution in [1.29, 1.82) is 0 Å². The highest BCUT2D eigenvalue weighted by Crippen LogP contribution is 2.30. The fraction of sp³-hybridized carbons (Fsp3) is 0.533. The number of carbonyl (C=O) groups is 1. The third-order valence-corrected chi connectivity index (χ3v) is 3.58. The van der Waals surface area contributed by atoms with Gasteiger partial charge in [0.15, 0.2) is 0 Å². The molecule has 4 nitrogen and oxygen atoms in total. The third kappa shape index (κ3) is 3.26. The van der Waals surface area contributed by atoms with Crippen LogP contribution in [0.15, 0.2) is 24.3 Å². The maximum absolute atomic E-state index is 12.4. The number of nitrogens with zero attached hydrogens (tertiary/aromatic N) is 1. The van der Waals surface area contributed by atoms with Crippen LogP contribution in [0.3, 0.4) is 0 Å². The minimum absolute atomic E-state index is 0.0356. The Kier molecular flexibility index (Phi) is 4.95. The molecule has 0 saturated heterocycles. The smallest absolute Gasteiger partial charge is 0.229 e. The number of ether oxygens (including phenoxy) is 1. The van der Waals surface area contributed by atoms with E-state index in [1.807, 2.05) is 45.0 Å². The molecule has 0 bridgehead atoms. The molecule has 106 valence electrons.